The van der Waals surface area contributed by atoms with Crippen molar-refractivity contribution in [1.82, 2.24) is 10.3 Å². The molecule has 0 saturated heterocycles. The number of carbonyl (C=O) groups is 1. The van der Waals surface area contributed by atoms with Gasteiger partial charge in [-0.3, -0.25) is 9.59 Å². The second kappa shape index (κ2) is 9.04. The SMILES string of the molecule is CCc1cc2c(cc1CC)CC(NC[C@H](O)c1ccc(OC=O)c3[nH]c(=O)ccc13)C2. The van der Waals surface area contributed by atoms with Crippen LogP contribution in [0.5, 0.6) is 5.75 Å². The molecule has 0 saturated carbocycles. The van der Waals surface area contributed by atoms with Gasteiger partial charge in [-0.05, 0) is 65.6 Å². The average molecular weight is 421 g/mol. The molecule has 1 aliphatic carbocycles. The number of rotatable bonds is 8. The molecule has 0 unspecified atom stereocenters. The normalized spacial score (nSPS) is 14.5. The number of aryl methyl sites for hydroxylation is 2. The van der Waals surface area contributed by atoms with Crippen molar-refractivity contribution in [1.29, 1.82) is 0 Å². The number of nitrogens with one attached hydrogen (secondary N) is 2. The Balaban J connectivity index is 1.50. The van der Waals surface area contributed by atoms with Crippen LogP contribution in [0.15, 0.2) is 41.2 Å². The van der Waals surface area contributed by atoms with Crippen molar-refractivity contribution >= 4 is 17.4 Å². The molecule has 3 aromatic rings. The topological polar surface area (TPSA) is 91.4 Å². The van der Waals surface area contributed by atoms with E-state index in [0.717, 1.165) is 25.7 Å². The summed E-state index contributed by atoms with van der Waals surface area (Å²) in [5.41, 5.74) is 6.45. The lowest BCUT2D eigenvalue weighted by Gasteiger charge is -2.18. The molecule has 0 amide bonds. The fourth-order valence-electron chi connectivity index (χ4n) is 4.65. The number of aromatic nitrogens is 1. The second-order valence-electron chi connectivity index (χ2n) is 8.10. The average Bonchev–Trinajstić information content (AvgIpc) is 3.18. The van der Waals surface area contributed by atoms with Gasteiger partial charge in [0.25, 0.3) is 6.47 Å². The monoisotopic (exact) mass is 420 g/mol. The number of aromatic amines is 1. The number of H-pyrrole nitrogens is 1. The Morgan fingerprint density at radius 2 is 1.81 bits per heavy atom. The Bertz CT molecular complexity index is 1140. The molecule has 0 bridgehead atoms. The zero-order valence-electron chi connectivity index (χ0n) is 17.9. The summed E-state index contributed by atoms with van der Waals surface area (Å²) in [6, 6.07) is 11.4. The first-order valence-corrected chi connectivity index (χ1v) is 10.8. The van der Waals surface area contributed by atoms with E-state index in [-0.39, 0.29) is 17.4 Å². The highest BCUT2D eigenvalue weighted by Crippen LogP contribution is 2.30. The third-order valence-electron chi connectivity index (χ3n) is 6.24. The summed E-state index contributed by atoms with van der Waals surface area (Å²) < 4.78 is 4.98. The maximum atomic E-state index is 11.7. The Hall–Kier alpha value is -2.96. The van der Waals surface area contributed by atoms with Gasteiger partial charge in [0.15, 0.2) is 5.75 Å². The second-order valence-corrected chi connectivity index (χ2v) is 8.10. The maximum absolute atomic E-state index is 11.7. The highest BCUT2D eigenvalue weighted by molar-refractivity contribution is 5.88. The number of aliphatic hydroxyl groups is 1. The van der Waals surface area contributed by atoms with Gasteiger partial charge in [0, 0.05) is 24.0 Å². The van der Waals surface area contributed by atoms with Gasteiger partial charge in [-0.15, -0.1) is 0 Å². The smallest absolute Gasteiger partial charge is 0.298 e. The molecule has 0 fully saturated rings. The molecule has 4 rings (SSSR count). The largest absolute Gasteiger partial charge is 0.427 e. The van der Waals surface area contributed by atoms with Crippen molar-refractivity contribution in [2.45, 2.75) is 51.7 Å². The van der Waals surface area contributed by atoms with Crippen LogP contribution in [0.1, 0.15) is 47.8 Å². The standard InChI is InChI=1S/C25H28N2O4/c1-3-15-9-17-11-19(12-18(17)10-16(15)4-2)26-13-22(29)20-5-7-23(31-14-28)25-21(20)6-8-24(30)27-25/h5-10,14,19,22,26,29H,3-4,11-13H2,1-2H3,(H,27,30)/t22-/m0/s1. The van der Waals surface area contributed by atoms with E-state index in [1.165, 1.54) is 28.3 Å². The first-order valence-electron chi connectivity index (χ1n) is 10.8. The summed E-state index contributed by atoms with van der Waals surface area (Å²) >= 11 is 0. The fourth-order valence-corrected chi connectivity index (χ4v) is 4.65. The van der Waals surface area contributed by atoms with Crippen LogP contribution in [0.3, 0.4) is 0 Å². The molecule has 0 radical (unpaired) electrons. The van der Waals surface area contributed by atoms with Crippen molar-refractivity contribution < 1.29 is 14.6 Å². The van der Waals surface area contributed by atoms with Gasteiger partial charge >= 0.3 is 0 Å². The van der Waals surface area contributed by atoms with Gasteiger partial charge in [-0.25, -0.2) is 0 Å². The van der Waals surface area contributed by atoms with E-state index in [2.05, 4.69) is 36.3 Å². The van der Waals surface area contributed by atoms with Crippen LogP contribution in [-0.4, -0.2) is 29.1 Å². The minimum atomic E-state index is -0.764. The van der Waals surface area contributed by atoms with Crippen LogP contribution < -0.4 is 15.6 Å². The molecule has 1 heterocycles. The predicted octanol–water partition coefficient (Wildman–Crippen LogP) is 2.98. The summed E-state index contributed by atoms with van der Waals surface area (Å²) in [6.45, 7) is 5.11. The number of fused-ring (bicyclic) bond motifs is 2. The molecule has 2 aromatic carbocycles. The predicted molar refractivity (Wildman–Crippen MR) is 121 cm³/mol. The van der Waals surface area contributed by atoms with E-state index < -0.39 is 6.10 Å². The van der Waals surface area contributed by atoms with E-state index in [1.807, 2.05) is 0 Å². The lowest BCUT2D eigenvalue weighted by Crippen LogP contribution is -2.33. The van der Waals surface area contributed by atoms with Crippen LogP contribution >= 0.6 is 0 Å². The van der Waals surface area contributed by atoms with Gasteiger partial charge in [0.2, 0.25) is 5.56 Å². The summed E-state index contributed by atoms with van der Waals surface area (Å²) in [7, 11) is 0. The van der Waals surface area contributed by atoms with Crippen molar-refractivity contribution in [3.63, 3.8) is 0 Å². The lowest BCUT2D eigenvalue weighted by molar-refractivity contribution is -0.120. The van der Waals surface area contributed by atoms with Crippen molar-refractivity contribution in [2.24, 2.45) is 0 Å². The molecular formula is C25H28N2O4. The first-order chi connectivity index (χ1) is 15.0. The number of ether oxygens (including phenoxy) is 1. The van der Waals surface area contributed by atoms with Gasteiger partial charge in [-0.1, -0.05) is 32.0 Å². The summed E-state index contributed by atoms with van der Waals surface area (Å²) in [4.78, 5) is 25.2. The van der Waals surface area contributed by atoms with E-state index in [1.54, 1.807) is 18.2 Å². The van der Waals surface area contributed by atoms with Crippen LogP contribution in [0.4, 0.5) is 0 Å². The summed E-state index contributed by atoms with van der Waals surface area (Å²) in [5, 5.41) is 15.0. The number of carbonyl (C=O) groups excluding carboxylic acids is 1. The Labute approximate surface area is 181 Å². The van der Waals surface area contributed by atoms with Crippen LogP contribution in [0.25, 0.3) is 10.9 Å². The maximum Gasteiger partial charge on any atom is 0.298 e. The van der Waals surface area contributed by atoms with E-state index in [9.17, 15) is 14.7 Å². The number of hydrogen-bond acceptors (Lipinski definition) is 5. The van der Waals surface area contributed by atoms with Gasteiger partial charge in [0.05, 0.1) is 11.6 Å². The van der Waals surface area contributed by atoms with Crippen molar-refractivity contribution in [2.75, 3.05) is 6.54 Å². The van der Waals surface area contributed by atoms with Crippen LogP contribution in [-0.2, 0) is 30.5 Å². The molecule has 0 spiro atoms. The van der Waals surface area contributed by atoms with E-state index in [0.29, 0.717) is 29.5 Å². The molecule has 6 nitrogen and oxygen atoms in total. The van der Waals surface area contributed by atoms with Crippen LogP contribution in [0.2, 0.25) is 0 Å². The van der Waals surface area contributed by atoms with Gasteiger partial charge in [0.1, 0.15) is 0 Å². The Morgan fingerprint density at radius 3 is 2.42 bits per heavy atom. The molecular weight excluding hydrogens is 392 g/mol. The van der Waals surface area contributed by atoms with Gasteiger partial charge in [-0.2, -0.15) is 0 Å². The summed E-state index contributed by atoms with van der Waals surface area (Å²) in [5.74, 6) is 0.260. The highest BCUT2D eigenvalue weighted by atomic mass is 16.5. The zero-order chi connectivity index (χ0) is 22.0. The first kappa shape index (κ1) is 21.3. The molecule has 162 valence electrons. The van der Waals surface area contributed by atoms with Crippen molar-refractivity contribution in [3.05, 3.63) is 74.6 Å². The lowest BCUT2D eigenvalue weighted by atomic mass is 9.97. The number of benzene rings is 2. The Morgan fingerprint density at radius 1 is 1.13 bits per heavy atom. The molecule has 1 aromatic heterocycles. The molecule has 1 atom stereocenters. The van der Waals surface area contributed by atoms with E-state index >= 15 is 0 Å². The molecule has 31 heavy (non-hydrogen) atoms. The van der Waals surface area contributed by atoms with Crippen molar-refractivity contribution in [3.8, 4) is 5.75 Å². The molecule has 1 aliphatic rings. The zero-order valence-corrected chi connectivity index (χ0v) is 17.9. The third kappa shape index (κ3) is 4.27. The fraction of sp³-hybridized carbons (Fsp3) is 0.360. The number of pyridine rings is 1. The third-order valence-corrected chi connectivity index (χ3v) is 6.24. The minimum Gasteiger partial charge on any atom is -0.427 e. The highest BCUT2D eigenvalue weighted by Gasteiger charge is 2.24. The summed E-state index contributed by atoms with van der Waals surface area (Å²) in [6.07, 6.45) is 3.25. The number of aliphatic hydroxyl groups excluding tert-OH is 1. The van der Waals surface area contributed by atoms with Gasteiger partial charge < -0.3 is 20.1 Å². The van der Waals surface area contributed by atoms with E-state index in [4.69, 9.17) is 4.74 Å². The molecule has 6 heteroatoms. The molecule has 3 N–H and O–H groups in total. The molecule has 0 aliphatic heterocycles. The Kier molecular flexibility index (Phi) is 6.20. The minimum absolute atomic E-state index is 0.260. The number of hydrogen-bond donors (Lipinski definition) is 3. The quantitative estimate of drug-likeness (QED) is 0.488. The van der Waals surface area contributed by atoms with Crippen LogP contribution in [0, 0.1) is 0 Å².